The molecule has 222 valence electrons. The van der Waals surface area contributed by atoms with E-state index in [-0.39, 0.29) is 17.7 Å². The average Bonchev–Trinajstić information content (AvgIpc) is 2.98. The van der Waals surface area contributed by atoms with Gasteiger partial charge in [0.05, 0.1) is 6.04 Å². The van der Waals surface area contributed by atoms with Gasteiger partial charge in [0.1, 0.15) is 0 Å². The first-order chi connectivity index (χ1) is 18.6. The van der Waals surface area contributed by atoms with Gasteiger partial charge in [-0.2, -0.15) is 0 Å². The van der Waals surface area contributed by atoms with Crippen LogP contribution in [0.25, 0.3) is 0 Å². The predicted molar refractivity (Wildman–Crippen MR) is 170 cm³/mol. The molecule has 0 aliphatic carbocycles. The number of terminal acetylenes is 1. The molecule has 0 saturated heterocycles. The Labute approximate surface area is 240 Å². The minimum absolute atomic E-state index is 0.0557. The number of ketones is 1. The van der Waals surface area contributed by atoms with Crippen LogP contribution in [-0.4, -0.2) is 48.7 Å². The van der Waals surface area contributed by atoms with Gasteiger partial charge in [0.25, 0.3) is 0 Å². The smallest absolute Gasteiger partial charge is 0.234 e. The van der Waals surface area contributed by atoms with E-state index in [4.69, 9.17) is 5.73 Å². The van der Waals surface area contributed by atoms with Crippen molar-refractivity contribution >= 4 is 18.1 Å². The van der Waals surface area contributed by atoms with Crippen molar-refractivity contribution in [3.63, 3.8) is 0 Å². The van der Waals surface area contributed by atoms with E-state index in [0.29, 0.717) is 30.5 Å². The van der Waals surface area contributed by atoms with Gasteiger partial charge in [-0.05, 0) is 71.9 Å². The molecule has 39 heavy (non-hydrogen) atoms. The highest BCUT2D eigenvalue weighted by atomic mass is 16.1. The lowest BCUT2D eigenvalue weighted by molar-refractivity contribution is -0.120. The maximum absolute atomic E-state index is 12.3. The molecule has 0 aliphatic heterocycles. The summed E-state index contributed by atoms with van der Waals surface area (Å²) >= 11 is 0. The van der Waals surface area contributed by atoms with Gasteiger partial charge in [-0.3, -0.25) is 14.4 Å². The number of hydrogen-bond donors (Lipinski definition) is 2. The number of rotatable bonds is 13. The third-order valence-electron chi connectivity index (χ3n) is 5.58. The van der Waals surface area contributed by atoms with Gasteiger partial charge in [0, 0.05) is 18.2 Å². The number of Topliss-reactive ketones (excluding diaryl/α,β-unsaturated/α-hetero) is 1. The van der Waals surface area contributed by atoms with Crippen molar-refractivity contribution in [2.45, 2.75) is 100 Å². The normalized spacial score (nSPS) is 11.6. The van der Waals surface area contributed by atoms with E-state index in [1.165, 1.54) is 0 Å². The number of carbonyl (C=O) groups excluding carboxylic acids is 3. The first kappa shape index (κ1) is 42.9. The highest BCUT2D eigenvalue weighted by Crippen LogP contribution is 2.15. The minimum Gasteiger partial charge on any atom is -0.368 e. The van der Waals surface area contributed by atoms with Gasteiger partial charge in [0.2, 0.25) is 12.3 Å². The molecule has 0 bridgehead atoms. The monoisotopic (exact) mass is 543 g/mol. The predicted octanol–water partition coefficient (Wildman–Crippen LogP) is 6.82. The zero-order valence-corrected chi connectivity index (χ0v) is 26.4. The average molecular weight is 544 g/mol. The van der Waals surface area contributed by atoms with Crippen LogP contribution in [0.5, 0.6) is 0 Å². The van der Waals surface area contributed by atoms with E-state index in [1.54, 1.807) is 14.0 Å². The molecule has 2 atom stereocenters. The molecule has 0 heterocycles. The number of nitrogens with zero attached hydrogens (tertiary/aromatic N) is 1. The Balaban J connectivity index is -0.000000337. The maximum Gasteiger partial charge on any atom is 0.234 e. The first-order valence-corrected chi connectivity index (χ1v) is 13.9. The van der Waals surface area contributed by atoms with Gasteiger partial charge >= 0.3 is 0 Å². The van der Waals surface area contributed by atoms with Crippen LogP contribution in [0.1, 0.15) is 98.4 Å². The van der Waals surface area contributed by atoms with Crippen LogP contribution in [0.3, 0.4) is 0 Å². The molecular formula is C33H57N3O3. The molecule has 2 unspecified atom stereocenters. The molecular weight excluding hydrogens is 486 g/mol. The standard InChI is InChI=1S/C21H31NO2.C4H10N2O.C4H8.C2H6.C2H2/c1-5-20(14-13-17(2)3)22(16-23)15-9-10-18(4)21(24)19-11-7-6-8-12-19;1-3(6-2)4(5)7;1-3-4-2;2*1-2/h6-8,10-12,16-17,20H,5,9,13-15H2,1-4H3;3,6H,1-2H3,(H2,5,7);3-4H,1-2H3;1-2H3;1-2H/b18-10+;;4-3-;;. The topological polar surface area (TPSA) is 92.5 Å². The fourth-order valence-corrected chi connectivity index (χ4v) is 2.93. The number of carbonyl (C=O) groups is 3. The van der Waals surface area contributed by atoms with Crippen molar-refractivity contribution in [2.24, 2.45) is 11.7 Å². The number of primary amides is 1. The van der Waals surface area contributed by atoms with Crippen molar-refractivity contribution in [1.82, 2.24) is 10.2 Å². The van der Waals surface area contributed by atoms with Crippen LogP contribution >= 0.6 is 0 Å². The van der Waals surface area contributed by atoms with Crippen molar-refractivity contribution < 1.29 is 14.4 Å². The zero-order valence-electron chi connectivity index (χ0n) is 26.4. The Morgan fingerprint density at radius 3 is 1.87 bits per heavy atom. The zero-order chi connectivity index (χ0) is 31.2. The number of hydrogen-bond acceptors (Lipinski definition) is 4. The summed E-state index contributed by atoms with van der Waals surface area (Å²) in [4.78, 5) is 35.7. The van der Waals surface area contributed by atoms with Gasteiger partial charge in [0.15, 0.2) is 5.78 Å². The molecule has 1 aromatic carbocycles. The van der Waals surface area contributed by atoms with Crippen molar-refractivity contribution in [2.75, 3.05) is 13.6 Å². The summed E-state index contributed by atoms with van der Waals surface area (Å²) in [6, 6.07) is 9.39. The number of amides is 2. The number of likely N-dealkylation sites (N-methyl/N-ethyl adjacent to an activating group) is 1. The third-order valence-corrected chi connectivity index (χ3v) is 5.58. The molecule has 2 amide bonds. The van der Waals surface area contributed by atoms with Crippen LogP contribution in [0.2, 0.25) is 0 Å². The Morgan fingerprint density at radius 1 is 1.03 bits per heavy atom. The molecule has 6 heteroatoms. The largest absolute Gasteiger partial charge is 0.368 e. The molecule has 6 nitrogen and oxygen atoms in total. The van der Waals surface area contributed by atoms with Crippen molar-refractivity contribution in [3.05, 3.63) is 59.7 Å². The lowest BCUT2D eigenvalue weighted by atomic mass is 10.0. The number of nitrogens with one attached hydrogen (secondary N) is 1. The summed E-state index contributed by atoms with van der Waals surface area (Å²) in [5.74, 6) is 0.390. The Bertz CT molecular complexity index is 795. The first-order valence-electron chi connectivity index (χ1n) is 13.9. The highest BCUT2D eigenvalue weighted by molar-refractivity contribution is 6.08. The fraction of sp³-hybridized carbons (Fsp3) is 0.545. The summed E-state index contributed by atoms with van der Waals surface area (Å²) in [7, 11) is 1.69. The summed E-state index contributed by atoms with van der Waals surface area (Å²) < 4.78 is 0. The molecule has 0 radical (unpaired) electrons. The van der Waals surface area contributed by atoms with E-state index in [0.717, 1.165) is 31.2 Å². The Hall–Kier alpha value is -3.17. The van der Waals surface area contributed by atoms with Crippen LogP contribution < -0.4 is 11.1 Å². The van der Waals surface area contributed by atoms with Gasteiger partial charge in [-0.25, -0.2) is 0 Å². The van der Waals surface area contributed by atoms with Gasteiger partial charge in [-0.15, -0.1) is 12.8 Å². The van der Waals surface area contributed by atoms with Crippen LogP contribution in [0, 0.1) is 18.8 Å². The Morgan fingerprint density at radius 2 is 1.54 bits per heavy atom. The lowest BCUT2D eigenvalue weighted by Gasteiger charge is -2.27. The Kier molecular flexibility index (Phi) is 34.2. The molecule has 0 spiro atoms. The summed E-state index contributed by atoms with van der Waals surface area (Å²) in [5.41, 5.74) is 6.29. The highest BCUT2D eigenvalue weighted by Gasteiger charge is 2.15. The number of allylic oxidation sites excluding steroid dienone is 3. The van der Waals surface area contributed by atoms with Crippen LogP contribution in [0.15, 0.2) is 54.1 Å². The molecule has 0 aliphatic rings. The number of benzene rings is 1. The fourth-order valence-electron chi connectivity index (χ4n) is 2.93. The summed E-state index contributed by atoms with van der Waals surface area (Å²) in [6.45, 7) is 18.8. The molecule has 1 aromatic rings. The maximum atomic E-state index is 12.3. The quantitative estimate of drug-likeness (QED) is 0.0939. The number of nitrogens with two attached hydrogens (primary N) is 1. The molecule has 3 N–H and O–H groups in total. The van der Waals surface area contributed by atoms with Crippen molar-refractivity contribution in [1.29, 1.82) is 0 Å². The second kappa shape index (κ2) is 31.1. The van der Waals surface area contributed by atoms with E-state index in [9.17, 15) is 14.4 Å². The van der Waals surface area contributed by atoms with Crippen LogP contribution in [-0.2, 0) is 9.59 Å². The minimum atomic E-state index is -0.317. The van der Waals surface area contributed by atoms with E-state index < -0.39 is 0 Å². The molecule has 0 fully saturated rings. The lowest BCUT2D eigenvalue weighted by Crippen LogP contribution is -2.36. The van der Waals surface area contributed by atoms with E-state index in [2.05, 4.69) is 38.9 Å². The molecule has 1 rings (SSSR count). The molecule has 0 saturated carbocycles. The third kappa shape index (κ3) is 24.9. The van der Waals surface area contributed by atoms with Gasteiger partial charge in [-0.1, -0.05) is 83.2 Å². The van der Waals surface area contributed by atoms with E-state index in [1.807, 2.05) is 88.1 Å². The molecule has 0 aromatic heterocycles. The second-order valence-electron chi connectivity index (χ2n) is 8.83. The van der Waals surface area contributed by atoms with Crippen LogP contribution in [0.4, 0.5) is 0 Å². The second-order valence-corrected chi connectivity index (χ2v) is 8.83. The SMILES string of the molecule is C#C.C/C=C\C.CC.CCC(CCC(C)C)N(C=O)CC/C=C(\C)C(=O)c1ccccc1.CNC(C)C(N)=O. The van der Waals surface area contributed by atoms with Gasteiger partial charge < -0.3 is 16.0 Å². The van der Waals surface area contributed by atoms with Crippen molar-refractivity contribution in [3.8, 4) is 12.8 Å². The summed E-state index contributed by atoms with van der Waals surface area (Å²) in [5, 5.41) is 2.69. The summed E-state index contributed by atoms with van der Waals surface area (Å²) in [6.07, 6.45) is 18.7. The van der Waals surface area contributed by atoms with E-state index >= 15 is 0 Å².